The molecule has 0 radical (unpaired) electrons. The number of carbonyl (C=O) groups is 1. The number of carbonyl (C=O) groups excluding carboxylic acids is 1. The molecule has 1 amide bonds. The third kappa shape index (κ3) is 2.89. The van der Waals surface area contributed by atoms with Gasteiger partial charge >= 0.3 is 0 Å². The van der Waals surface area contributed by atoms with Gasteiger partial charge in [-0.2, -0.15) is 0 Å². The molecule has 1 unspecified atom stereocenters. The zero-order valence-corrected chi connectivity index (χ0v) is 12.7. The number of benzene rings is 1. The molecular formula is C12H14Br2N2O. The van der Waals surface area contributed by atoms with E-state index in [1.807, 2.05) is 30.1 Å². The lowest BCUT2D eigenvalue weighted by atomic mass is 10.1. The summed E-state index contributed by atoms with van der Waals surface area (Å²) < 4.78 is 1.76. The lowest BCUT2D eigenvalue weighted by Gasteiger charge is -2.24. The fraction of sp³-hybridized carbons (Fsp3) is 0.417. The number of nitrogens with one attached hydrogen (secondary N) is 1. The standard InChI is InChI=1S/C12H14Br2N2O/c1-16(9-4-5-15-7-9)12(17)10-6-8(13)2-3-11(10)14/h2-3,6,9,15H,4-5,7H2,1H3. The maximum atomic E-state index is 12.4. The first kappa shape index (κ1) is 13.1. The predicted molar refractivity (Wildman–Crippen MR) is 75.2 cm³/mol. The Kier molecular flexibility index (Phi) is 4.22. The molecule has 1 heterocycles. The average molecular weight is 362 g/mol. The Labute approximate surface area is 118 Å². The number of halogens is 2. The fourth-order valence-electron chi connectivity index (χ4n) is 1.99. The molecule has 0 bridgehead atoms. The van der Waals surface area contributed by atoms with Gasteiger partial charge in [-0.1, -0.05) is 15.9 Å². The smallest absolute Gasteiger partial charge is 0.255 e. The number of nitrogens with zero attached hydrogens (tertiary/aromatic N) is 1. The van der Waals surface area contributed by atoms with Gasteiger partial charge in [-0.05, 0) is 47.1 Å². The van der Waals surface area contributed by atoms with Crippen LogP contribution in [0.5, 0.6) is 0 Å². The second-order valence-electron chi connectivity index (χ2n) is 4.19. The molecular weight excluding hydrogens is 348 g/mol. The van der Waals surface area contributed by atoms with Crippen LogP contribution < -0.4 is 5.32 Å². The molecule has 1 N–H and O–H groups in total. The molecule has 0 aliphatic carbocycles. The first-order chi connectivity index (χ1) is 8.09. The fourth-order valence-corrected chi connectivity index (χ4v) is 2.76. The van der Waals surface area contributed by atoms with Crippen molar-refractivity contribution in [2.24, 2.45) is 0 Å². The third-order valence-corrected chi connectivity index (χ3v) is 4.25. The molecule has 0 saturated carbocycles. The van der Waals surface area contributed by atoms with Crippen molar-refractivity contribution < 1.29 is 4.79 Å². The topological polar surface area (TPSA) is 32.3 Å². The van der Waals surface area contributed by atoms with E-state index < -0.39 is 0 Å². The number of rotatable bonds is 2. The van der Waals surface area contributed by atoms with Gasteiger partial charge < -0.3 is 10.2 Å². The summed E-state index contributed by atoms with van der Waals surface area (Å²) in [5.41, 5.74) is 0.703. The van der Waals surface area contributed by atoms with E-state index in [9.17, 15) is 4.79 Å². The second-order valence-corrected chi connectivity index (χ2v) is 5.96. The minimum Gasteiger partial charge on any atom is -0.337 e. The Morgan fingerprint density at radius 3 is 2.88 bits per heavy atom. The van der Waals surface area contributed by atoms with E-state index in [4.69, 9.17) is 0 Å². The van der Waals surface area contributed by atoms with Crippen LogP contribution in [0.25, 0.3) is 0 Å². The summed E-state index contributed by atoms with van der Waals surface area (Å²) in [5, 5.41) is 3.27. The zero-order valence-electron chi connectivity index (χ0n) is 9.54. The van der Waals surface area contributed by atoms with Crippen LogP contribution in [-0.4, -0.2) is 37.0 Å². The van der Waals surface area contributed by atoms with Crippen LogP contribution in [0, 0.1) is 0 Å². The SMILES string of the molecule is CN(C(=O)c1cc(Br)ccc1Br)C1CCNC1. The Bertz CT molecular complexity index is 431. The monoisotopic (exact) mass is 360 g/mol. The van der Waals surface area contributed by atoms with Crippen LogP contribution in [0.4, 0.5) is 0 Å². The second kappa shape index (κ2) is 5.50. The van der Waals surface area contributed by atoms with Crippen LogP contribution in [-0.2, 0) is 0 Å². The van der Waals surface area contributed by atoms with E-state index in [0.717, 1.165) is 28.5 Å². The summed E-state index contributed by atoms with van der Waals surface area (Å²) >= 11 is 6.82. The molecule has 1 aromatic carbocycles. The lowest BCUT2D eigenvalue weighted by molar-refractivity contribution is 0.0743. The van der Waals surface area contributed by atoms with E-state index in [1.165, 1.54) is 0 Å². The predicted octanol–water partition coefficient (Wildman–Crippen LogP) is 2.65. The number of likely N-dealkylation sites (N-methyl/N-ethyl adjacent to an activating group) is 1. The molecule has 1 saturated heterocycles. The molecule has 1 aliphatic rings. The van der Waals surface area contributed by atoms with Crippen molar-refractivity contribution in [1.29, 1.82) is 0 Å². The van der Waals surface area contributed by atoms with Gasteiger partial charge in [0.2, 0.25) is 0 Å². The molecule has 0 spiro atoms. The Morgan fingerprint density at radius 2 is 2.24 bits per heavy atom. The van der Waals surface area contributed by atoms with E-state index in [-0.39, 0.29) is 5.91 Å². The zero-order chi connectivity index (χ0) is 12.4. The van der Waals surface area contributed by atoms with E-state index in [2.05, 4.69) is 37.2 Å². The highest BCUT2D eigenvalue weighted by Gasteiger charge is 2.25. The van der Waals surface area contributed by atoms with Gasteiger partial charge in [-0.3, -0.25) is 4.79 Å². The van der Waals surface area contributed by atoms with Gasteiger partial charge in [-0.25, -0.2) is 0 Å². The van der Waals surface area contributed by atoms with Gasteiger partial charge in [0.05, 0.1) is 5.56 Å². The molecule has 2 rings (SSSR count). The summed E-state index contributed by atoms with van der Waals surface area (Å²) in [6.45, 7) is 1.87. The molecule has 17 heavy (non-hydrogen) atoms. The maximum Gasteiger partial charge on any atom is 0.255 e. The van der Waals surface area contributed by atoms with E-state index in [0.29, 0.717) is 11.6 Å². The van der Waals surface area contributed by atoms with Crippen molar-refractivity contribution >= 4 is 37.8 Å². The Morgan fingerprint density at radius 1 is 1.47 bits per heavy atom. The minimum absolute atomic E-state index is 0.0619. The summed E-state index contributed by atoms with van der Waals surface area (Å²) in [6, 6.07) is 5.95. The Hall–Kier alpha value is -0.390. The number of amides is 1. The summed E-state index contributed by atoms with van der Waals surface area (Å²) in [5.74, 6) is 0.0619. The average Bonchev–Trinajstić information content (AvgIpc) is 2.84. The van der Waals surface area contributed by atoms with E-state index in [1.54, 1.807) is 0 Å². The van der Waals surface area contributed by atoms with Crippen molar-refractivity contribution in [1.82, 2.24) is 10.2 Å². The molecule has 1 aliphatic heterocycles. The van der Waals surface area contributed by atoms with Crippen molar-refractivity contribution in [2.75, 3.05) is 20.1 Å². The molecule has 1 aromatic rings. The first-order valence-corrected chi connectivity index (χ1v) is 7.11. The van der Waals surface area contributed by atoms with Crippen molar-refractivity contribution in [3.63, 3.8) is 0 Å². The summed E-state index contributed by atoms with van der Waals surface area (Å²) in [7, 11) is 1.87. The van der Waals surface area contributed by atoms with Crippen LogP contribution in [0.2, 0.25) is 0 Å². The van der Waals surface area contributed by atoms with Gasteiger partial charge in [0, 0.05) is 28.6 Å². The van der Waals surface area contributed by atoms with Gasteiger partial charge in [0.25, 0.3) is 5.91 Å². The number of hydrogen-bond donors (Lipinski definition) is 1. The van der Waals surface area contributed by atoms with Crippen LogP contribution in [0.15, 0.2) is 27.1 Å². The first-order valence-electron chi connectivity index (χ1n) is 5.52. The van der Waals surface area contributed by atoms with Crippen molar-refractivity contribution in [2.45, 2.75) is 12.5 Å². The van der Waals surface area contributed by atoms with Crippen molar-refractivity contribution in [3.8, 4) is 0 Å². The van der Waals surface area contributed by atoms with Gasteiger partial charge in [-0.15, -0.1) is 0 Å². The highest BCUT2D eigenvalue weighted by molar-refractivity contribution is 9.11. The summed E-state index contributed by atoms with van der Waals surface area (Å²) in [6.07, 6.45) is 1.02. The normalized spacial score (nSPS) is 19.4. The third-order valence-electron chi connectivity index (χ3n) is 3.06. The minimum atomic E-state index is 0.0619. The van der Waals surface area contributed by atoms with Crippen molar-refractivity contribution in [3.05, 3.63) is 32.7 Å². The number of hydrogen-bond acceptors (Lipinski definition) is 2. The summed E-state index contributed by atoms with van der Waals surface area (Å²) in [4.78, 5) is 14.2. The molecule has 1 atom stereocenters. The highest BCUT2D eigenvalue weighted by atomic mass is 79.9. The van der Waals surface area contributed by atoms with Crippen LogP contribution >= 0.6 is 31.9 Å². The highest BCUT2D eigenvalue weighted by Crippen LogP contribution is 2.23. The van der Waals surface area contributed by atoms with Crippen LogP contribution in [0.3, 0.4) is 0 Å². The van der Waals surface area contributed by atoms with Gasteiger partial charge in [0.15, 0.2) is 0 Å². The maximum absolute atomic E-state index is 12.4. The quantitative estimate of drug-likeness (QED) is 0.878. The Balaban J connectivity index is 2.20. The molecule has 1 fully saturated rings. The largest absolute Gasteiger partial charge is 0.337 e. The molecule has 0 aromatic heterocycles. The van der Waals surface area contributed by atoms with Crippen LogP contribution in [0.1, 0.15) is 16.8 Å². The lowest BCUT2D eigenvalue weighted by Crippen LogP contribution is -2.38. The molecule has 92 valence electrons. The van der Waals surface area contributed by atoms with Gasteiger partial charge in [0.1, 0.15) is 0 Å². The molecule has 5 heteroatoms. The molecule has 3 nitrogen and oxygen atoms in total. The van der Waals surface area contributed by atoms with E-state index >= 15 is 0 Å².